The van der Waals surface area contributed by atoms with Crippen LogP contribution in [0.4, 0.5) is 8.78 Å². The minimum atomic E-state index is -0.803. The average molecular weight is 341 g/mol. The number of ether oxygens (including phenoxy) is 1. The van der Waals surface area contributed by atoms with Gasteiger partial charge in [0.15, 0.2) is 5.78 Å². The Labute approximate surface area is 141 Å². The standard InChI is InChI=1S/C18H25F2NO3/c1-2-3-4-5-6-9-24-18(23)12-14(21)11-17(22)15-10-13(19)7-8-16(15)20/h7-8,10,14H,2-6,9,11-12,21H2,1H3. The van der Waals surface area contributed by atoms with E-state index in [0.29, 0.717) is 6.61 Å². The van der Waals surface area contributed by atoms with Crippen molar-refractivity contribution in [3.63, 3.8) is 0 Å². The molecule has 0 amide bonds. The minimum absolute atomic E-state index is 0.127. The topological polar surface area (TPSA) is 69.4 Å². The van der Waals surface area contributed by atoms with E-state index in [1.165, 1.54) is 0 Å². The highest BCUT2D eigenvalue weighted by Gasteiger charge is 2.19. The highest BCUT2D eigenvalue weighted by Crippen LogP contribution is 2.13. The fraction of sp³-hybridized carbons (Fsp3) is 0.556. The van der Waals surface area contributed by atoms with Crippen molar-refractivity contribution in [1.29, 1.82) is 0 Å². The molecule has 1 aromatic rings. The third kappa shape index (κ3) is 7.64. The van der Waals surface area contributed by atoms with Gasteiger partial charge in [-0.3, -0.25) is 9.59 Å². The van der Waals surface area contributed by atoms with Gasteiger partial charge in [-0.1, -0.05) is 32.6 Å². The molecule has 2 N–H and O–H groups in total. The summed E-state index contributed by atoms with van der Waals surface area (Å²) in [6.07, 6.45) is 4.86. The van der Waals surface area contributed by atoms with Crippen molar-refractivity contribution in [3.05, 3.63) is 35.4 Å². The molecule has 0 spiro atoms. The van der Waals surface area contributed by atoms with Crippen molar-refractivity contribution >= 4 is 11.8 Å². The van der Waals surface area contributed by atoms with Crippen LogP contribution >= 0.6 is 0 Å². The summed E-state index contributed by atoms with van der Waals surface area (Å²) in [5.41, 5.74) is 5.38. The van der Waals surface area contributed by atoms with Crippen LogP contribution in [0.1, 0.15) is 62.2 Å². The molecule has 1 atom stereocenters. The molecule has 4 nitrogen and oxygen atoms in total. The smallest absolute Gasteiger partial charge is 0.307 e. The molecule has 0 aromatic heterocycles. The summed E-state index contributed by atoms with van der Waals surface area (Å²) >= 11 is 0. The van der Waals surface area contributed by atoms with Crippen LogP contribution in [0, 0.1) is 11.6 Å². The van der Waals surface area contributed by atoms with Crippen LogP contribution in [-0.4, -0.2) is 24.4 Å². The lowest BCUT2D eigenvalue weighted by atomic mass is 10.0. The van der Waals surface area contributed by atoms with Gasteiger partial charge >= 0.3 is 5.97 Å². The van der Waals surface area contributed by atoms with Gasteiger partial charge in [0.1, 0.15) is 11.6 Å². The van der Waals surface area contributed by atoms with Gasteiger partial charge in [0, 0.05) is 12.5 Å². The van der Waals surface area contributed by atoms with E-state index in [1.54, 1.807) is 0 Å². The summed E-state index contributed by atoms with van der Waals surface area (Å²) in [7, 11) is 0. The summed E-state index contributed by atoms with van der Waals surface area (Å²) < 4.78 is 31.6. The number of benzene rings is 1. The third-order valence-corrected chi connectivity index (χ3v) is 3.62. The maximum absolute atomic E-state index is 13.5. The molecule has 0 radical (unpaired) electrons. The van der Waals surface area contributed by atoms with Crippen molar-refractivity contribution < 1.29 is 23.1 Å². The molecule has 0 heterocycles. The van der Waals surface area contributed by atoms with Gasteiger partial charge in [0.25, 0.3) is 0 Å². The molecule has 0 aliphatic heterocycles. The molecule has 0 aliphatic rings. The van der Waals surface area contributed by atoms with E-state index in [0.717, 1.165) is 50.3 Å². The van der Waals surface area contributed by atoms with E-state index in [2.05, 4.69) is 6.92 Å². The Balaban J connectivity index is 2.32. The first-order valence-corrected chi connectivity index (χ1v) is 8.33. The lowest BCUT2D eigenvalue weighted by Crippen LogP contribution is -2.28. The quantitative estimate of drug-likeness (QED) is 0.378. The monoisotopic (exact) mass is 341 g/mol. The maximum Gasteiger partial charge on any atom is 0.307 e. The Hall–Kier alpha value is -1.82. The molecule has 0 aliphatic carbocycles. The Morgan fingerprint density at radius 3 is 2.54 bits per heavy atom. The van der Waals surface area contributed by atoms with Crippen LogP contribution in [0.5, 0.6) is 0 Å². The summed E-state index contributed by atoms with van der Waals surface area (Å²) in [6, 6.07) is 1.87. The number of halogens is 2. The summed E-state index contributed by atoms with van der Waals surface area (Å²) in [5, 5.41) is 0. The van der Waals surface area contributed by atoms with Gasteiger partial charge in [-0.2, -0.15) is 0 Å². The second kappa shape index (κ2) is 10.9. The Bertz CT molecular complexity index is 549. The van der Waals surface area contributed by atoms with Gasteiger partial charge < -0.3 is 10.5 Å². The highest BCUT2D eigenvalue weighted by atomic mass is 19.1. The van der Waals surface area contributed by atoms with Crippen LogP contribution in [-0.2, 0) is 9.53 Å². The van der Waals surface area contributed by atoms with Crippen molar-refractivity contribution in [2.24, 2.45) is 5.73 Å². The molecule has 1 aromatic carbocycles. The number of rotatable bonds is 11. The zero-order valence-electron chi connectivity index (χ0n) is 14.0. The highest BCUT2D eigenvalue weighted by molar-refractivity contribution is 5.96. The fourth-order valence-corrected chi connectivity index (χ4v) is 2.30. The third-order valence-electron chi connectivity index (χ3n) is 3.62. The molecule has 0 saturated carbocycles. The number of Topliss-reactive ketones (excluding diaryl/α,β-unsaturated/α-hetero) is 1. The number of nitrogens with two attached hydrogens (primary N) is 1. The van der Waals surface area contributed by atoms with E-state index in [-0.39, 0.29) is 18.4 Å². The van der Waals surface area contributed by atoms with Gasteiger partial charge in [0.05, 0.1) is 18.6 Å². The zero-order valence-corrected chi connectivity index (χ0v) is 14.0. The molecule has 0 saturated heterocycles. The molecule has 0 fully saturated rings. The first kappa shape index (κ1) is 20.2. The van der Waals surface area contributed by atoms with E-state index < -0.39 is 29.4 Å². The first-order valence-electron chi connectivity index (χ1n) is 8.33. The predicted molar refractivity (Wildman–Crippen MR) is 87.6 cm³/mol. The Morgan fingerprint density at radius 1 is 1.12 bits per heavy atom. The first-order chi connectivity index (χ1) is 11.4. The number of carbonyl (C=O) groups is 2. The van der Waals surface area contributed by atoms with Crippen molar-refractivity contribution in [3.8, 4) is 0 Å². The molecule has 24 heavy (non-hydrogen) atoms. The molecule has 0 bridgehead atoms. The van der Waals surface area contributed by atoms with Crippen LogP contribution in [0.25, 0.3) is 0 Å². The maximum atomic E-state index is 13.5. The number of hydrogen-bond donors (Lipinski definition) is 1. The van der Waals surface area contributed by atoms with E-state index in [4.69, 9.17) is 10.5 Å². The fourth-order valence-electron chi connectivity index (χ4n) is 2.30. The number of esters is 1. The molecular formula is C18H25F2NO3. The average Bonchev–Trinajstić information content (AvgIpc) is 2.52. The molecule has 1 rings (SSSR count). The Kier molecular flexibility index (Phi) is 9.15. The summed E-state index contributed by atoms with van der Waals surface area (Å²) in [6.45, 7) is 2.46. The molecular weight excluding hydrogens is 316 g/mol. The SMILES string of the molecule is CCCCCCCOC(=O)CC(N)CC(=O)c1cc(F)ccc1F. The minimum Gasteiger partial charge on any atom is -0.466 e. The predicted octanol–water partition coefficient (Wildman–Crippen LogP) is 3.77. The molecule has 1 unspecified atom stereocenters. The van der Waals surface area contributed by atoms with Crippen LogP contribution < -0.4 is 5.73 Å². The van der Waals surface area contributed by atoms with Crippen molar-refractivity contribution in [2.75, 3.05) is 6.61 Å². The number of hydrogen-bond acceptors (Lipinski definition) is 4. The van der Waals surface area contributed by atoms with Gasteiger partial charge in [-0.15, -0.1) is 0 Å². The van der Waals surface area contributed by atoms with Gasteiger partial charge in [-0.05, 0) is 24.6 Å². The molecule has 134 valence electrons. The van der Waals surface area contributed by atoms with Crippen LogP contribution in [0.3, 0.4) is 0 Å². The van der Waals surface area contributed by atoms with Crippen molar-refractivity contribution in [2.45, 2.75) is 57.9 Å². The van der Waals surface area contributed by atoms with Crippen LogP contribution in [0.2, 0.25) is 0 Å². The van der Waals surface area contributed by atoms with Gasteiger partial charge in [0.2, 0.25) is 0 Å². The second-order valence-corrected chi connectivity index (χ2v) is 5.85. The number of unbranched alkanes of at least 4 members (excludes halogenated alkanes) is 4. The van der Waals surface area contributed by atoms with Crippen LogP contribution in [0.15, 0.2) is 18.2 Å². The van der Waals surface area contributed by atoms with Gasteiger partial charge in [-0.25, -0.2) is 8.78 Å². The largest absolute Gasteiger partial charge is 0.466 e. The van der Waals surface area contributed by atoms with E-state index >= 15 is 0 Å². The second-order valence-electron chi connectivity index (χ2n) is 5.85. The molecule has 6 heteroatoms. The lowest BCUT2D eigenvalue weighted by molar-refractivity contribution is -0.144. The number of ketones is 1. The normalized spacial score (nSPS) is 12.0. The summed E-state index contributed by atoms with van der Waals surface area (Å²) in [4.78, 5) is 23.6. The van der Waals surface area contributed by atoms with E-state index in [1.807, 2.05) is 0 Å². The lowest BCUT2D eigenvalue weighted by Gasteiger charge is -2.11. The number of carbonyl (C=O) groups excluding carboxylic acids is 2. The Morgan fingerprint density at radius 2 is 1.83 bits per heavy atom. The zero-order chi connectivity index (χ0) is 17.9. The summed E-state index contributed by atoms with van der Waals surface area (Å²) in [5.74, 6) is -2.61. The van der Waals surface area contributed by atoms with E-state index in [9.17, 15) is 18.4 Å². The van der Waals surface area contributed by atoms with Crippen molar-refractivity contribution in [1.82, 2.24) is 0 Å².